The van der Waals surface area contributed by atoms with Crippen LogP contribution in [-0.2, 0) is 4.79 Å². The van der Waals surface area contributed by atoms with Crippen LogP contribution in [0.2, 0.25) is 0 Å². The molecule has 2 aromatic carbocycles. The van der Waals surface area contributed by atoms with E-state index in [1.807, 2.05) is 13.0 Å². The fourth-order valence-corrected chi connectivity index (χ4v) is 3.71. The zero-order chi connectivity index (χ0) is 20.8. The molecule has 0 bridgehead atoms. The first-order valence-electron chi connectivity index (χ1n) is 9.03. The lowest BCUT2D eigenvalue weighted by molar-refractivity contribution is -0.114. The Balaban J connectivity index is 1.82. The largest absolute Gasteiger partial charge is 0.497 e. The van der Waals surface area contributed by atoms with Crippen LogP contribution in [0, 0.1) is 0 Å². The number of benzene rings is 2. The fourth-order valence-electron chi connectivity index (χ4n) is 2.72. The number of hydrogen-bond acceptors (Lipinski definition) is 7. The van der Waals surface area contributed by atoms with Gasteiger partial charge in [-0.15, -0.1) is 5.10 Å². The van der Waals surface area contributed by atoms with Crippen molar-refractivity contribution in [3.05, 3.63) is 54.1 Å². The standard InChI is InChI=1S/C20H21N5O3S/c1-4-18(19(27)14-8-10-17(28-3)11-9-14)29-20-22-23-24-25(20)16-7-5-6-15(12-16)21-13(2)26/h5-12,18H,4H2,1-3H3,(H,21,26). The van der Waals surface area contributed by atoms with Gasteiger partial charge in [0.25, 0.3) is 0 Å². The second-order valence-corrected chi connectivity index (χ2v) is 7.38. The average Bonchev–Trinajstić information content (AvgIpc) is 3.19. The number of hydrogen-bond donors (Lipinski definition) is 1. The molecular formula is C20H21N5O3S. The van der Waals surface area contributed by atoms with E-state index < -0.39 is 0 Å². The predicted molar refractivity (Wildman–Crippen MR) is 111 cm³/mol. The van der Waals surface area contributed by atoms with Crippen molar-refractivity contribution in [1.29, 1.82) is 0 Å². The minimum Gasteiger partial charge on any atom is -0.497 e. The second-order valence-electron chi connectivity index (χ2n) is 6.21. The van der Waals surface area contributed by atoms with Gasteiger partial charge in [-0.05, 0) is 59.3 Å². The highest BCUT2D eigenvalue weighted by molar-refractivity contribution is 8.00. The van der Waals surface area contributed by atoms with Gasteiger partial charge in [0.2, 0.25) is 11.1 Å². The molecule has 1 unspecified atom stereocenters. The zero-order valence-electron chi connectivity index (χ0n) is 16.3. The van der Waals surface area contributed by atoms with Gasteiger partial charge in [0.15, 0.2) is 5.78 Å². The Hall–Kier alpha value is -3.20. The van der Waals surface area contributed by atoms with Crippen LogP contribution in [0.5, 0.6) is 5.75 Å². The lowest BCUT2D eigenvalue weighted by Gasteiger charge is -2.13. The van der Waals surface area contributed by atoms with Gasteiger partial charge < -0.3 is 10.1 Å². The molecule has 3 rings (SSSR count). The number of carbonyl (C=O) groups excluding carboxylic acids is 2. The lowest BCUT2D eigenvalue weighted by atomic mass is 10.1. The number of tetrazole rings is 1. The third kappa shape index (κ3) is 5.00. The Bertz CT molecular complexity index is 1000. The van der Waals surface area contributed by atoms with E-state index in [0.29, 0.717) is 34.3 Å². The number of Topliss-reactive ketones (excluding diaryl/α,β-unsaturated/α-hetero) is 1. The van der Waals surface area contributed by atoms with Crippen molar-refractivity contribution in [3.8, 4) is 11.4 Å². The van der Waals surface area contributed by atoms with Crippen molar-refractivity contribution < 1.29 is 14.3 Å². The Morgan fingerprint density at radius 1 is 1.21 bits per heavy atom. The van der Waals surface area contributed by atoms with E-state index in [-0.39, 0.29) is 16.9 Å². The first-order chi connectivity index (χ1) is 14.0. The van der Waals surface area contributed by atoms with Gasteiger partial charge in [-0.1, -0.05) is 24.8 Å². The van der Waals surface area contributed by atoms with Gasteiger partial charge in [-0.3, -0.25) is 9.59 Å². The monoisotopic (exact) mass is 411 g/mol. The van der Waals surface area contributed by atoms with Crippen LogP contribution < -0.4 is 10.1 Å². The minimum atomic E-state index is -0.341. The summed E-state index contributed by atoms with van der Waals surface area (Å²) in [5.41, 5.74) is 1.94. The quantitative estimate of drug-likeness (QED) is 0.448. The molecule has 8 nitrogen and oxygen atoms in total. The highest BCUT2D eigenvalue weighted by Crippen LogP contribution is 2.28. The van der Waals surface area contributed by atoms with Gasteiger partial charge in [0.1, 0.15) is 5.75 Å². The summed E-state index contributed by atoms with van der Waals surface area (Å²) in [6.45, 7) is 3.40. The number of methoxy groups -OCH3 is 1. The Morgan fingerprint density at radius 3 is 2.62 bits per heavy atom. The number of ketones is 1. The summed E-state index contributed by atoms with van der Waals surface area (Å²) in [5.74, 6) is 0.538. The van der Waals surface area contributed by atoms with Crippen LogP contribution in [0.15, 0.2) is 53.7 Å². The number of rotatable bonds is 8. The van der Waals surface area contributed by atoms with Crippen LogP contribution in [0.4, 0.5) is 5.69 Å². The van der Waals surface area contributed by atoms with E-state index in [0.717, 1.165) is 0 Å². The van der Waals surface area contributed by atoms with Crippen LogP contribution in [0.25, 0.3) is 5.69 Å². The summed E-state index contributed by atoms with van der Waals surface area (Å²) in [4.78, 5) is 24.2. The molecule has 29 heavy (non-hydrogen) atoms. The van der Waals surface area contributed by atoms with Crippen molar-refractivity contribution in [2.24, 2.45) is 0 Å². The summed E-state index contributed by atoms with van der Waals surface area (Å²) < 4.78 is 6.70. The summed E-state index contributed by atoms with van der Waals surface area (Å²) in [5, 5.41) is 14.8. The van der Waals surface area contributed by atoms with E-state index in [4.69, 9.17) is 4.74 Å². The first-order valence-corrected chi connectivity index (χ1v) is 9.91. The van der Waals surface area contributed by atoms with Gasteiger partial charge >= 0.3 is 0 Å². The number of ether oxygens (including phenoxy) is 1. The maximum Gasteiger partial charge on any atom is 0.221 e. The van der Waals surface area contributed by atoms with Gasteiger partial charge in [0.05, 0.1) is 18.0 Å². The maximum atomic E-state index is 12.9. The van der Waals surface area contributed by atoms with E-state index in [1.54, 1.807) is 54.3 Å². The van der Waals surface area contributed by atoms with E-state index in [9.17, 15) is 9.59 Å². The summed E-state index contributed by atoms with van der Waals surface area (Å²) in [6.07, 6.45) is 0.619. The van der Waals surface area contributed by atoms with Crippen LogP contribution in [-0.4, -0.2) is 44.3 Å². The van der Waals surface area contributed by atoms with Crippen molar-refractivity contribution in [1.82, 2.24) is 20.2 Å². The third-order valence-electron chi connectivity index (χ3n) is 4.14. The van der Waals surface area contributed by atoms with E-state index in [1.165, 1.54) is 18.7 Å². The summed E-state index contributed by atoms with van der Waals surface area (Å²) in [7, 11) is 1.59. The molecule has 1 amide bonds. The first kappa shape index (κ1) is 20.5. The topological polar surface area (TPSA) is 99.0 Å². The Morgan fingerprint density at radius 2 is 1.97 bits per heavy atom. The van der Waals surface area contributed by atoms with Crippen molar-refractivity contribution in [3.63, 3.8) is 0 Å². The highest BCUT2D eigenvalue weighted by atomic mass is 32.2. The van der Waals surface area contributed by atoms with Gasteiger partial charge in [-0.25, -0.2) is 0 Å². The lowest BCUT2D eigenvalue weighted by Crippen LogP contribution is -2.17. The Labute approximate surface area is 172 Å². The number of aromatic nitrogens is 4. The number of anilines is 1. The zero-order valence-corrected chi connectivity index (χ0v) is 17.1. The molecule has 1 heterocycles. The van der Waals surface area contributed by atoms with Gasteiger partial charge in [0, 0.05) is 18.2 Å². The maximum absolute atomic E-state index is 12.9. The average molecular weight is 411 g/mol. The van der Waals surface area contributed by atoms with Crippen molar-refractivity contribution in [2.45, 2.75) is 30.7 Å². The molecule has 3 aromatic rings. The molecule has 1 aromatic heterocycles. The molecule has 0 aliphatic rings. The molecule has 1 N–H and O–H groups in total. The molecule has 150 valence electrons. The van der Waals surface area contributed by atoms with Gasteiger partial charge in [-0.2, -0.15) is 4.68 Å². The molecule has 0 saturated heterocycles. The normalized spacial score (nSPS) is 11.7. The van der Waals surface area contributed by atoms with E-state index in [2.05, 4.69) is 20.8 Å². The molecule has 0 spiro atoms. The molecule has 0 aliphatic carbocycles. The molecular weight excluding hydrogens is 390 g/mol. The number of carbonyl (C=O) groups is 2. The number of nitrogens with zero attached hydrogens (tertiary/aromatic N) is 4. The number of nitrogens with one attached hydrogen (secondary N) is 1. The van der Waals surface area contributed by atoms with E-state index >= 15 is 0 Å². The second kappa shape index (κ2) is 9.33. The summed E-state index contributed by atoms with van der Waals surface area (Å²) >= 11 is 1.31. The van der Waals surface area contributed by atoms with Crippen molar-refractivity contribution >= 4 is 29.1 Å². The molecule has 0 aliphatic heterocycles. The minimum absolute atomic E-state index is 0.00157. The fraction of sp³-hybridized carbons (Fsp3) is 0.250. The molecule has 0 fully saturated rings. The smallest absolute Gasteiger partial charge is 0.221 e. The SMILES string of the molecule is CCC(Sc1nnnn1-c1cccc(NC(C)=O)c1)C(=O)c1ccc(OC)cc1. The molecule has 1 atom stereocenters. The Kier molecular flexibility index (Phi) is 6.61. The van der Waals surface area contributed by atoms with Crippen LogP contribution in [0.1, 0.15) is 30.6 Å². The van der Waals surface area contributed by atoms with Crippen LogP contribution in [0.3, 0.4) is 0 Å². The summed E-state index contributed by atoms with van der Waals surface area (Å²) in [6, 6.07) is 14.2. The highest BCUT2D eigenvalue weighted by Gasteiger charge is 2.23. The van der Waals surface area contributed by atoms with Crippen LogP contribution >= 0.6 is 11.8 Å². The third-order valence-corrected chi connectivity index (χ3v) is 5.43. The molecule has 0 saturated carbocycles. The number of thioether (sulfide) groups is 1. The number of amides is 1. The predicted octanol–water partition coefficient (Wildman–Crippen LogP) is 3.38. The molecule has 0 radical (unpaired) electrons. The molecule has 9 heteroatoms. The van der Waals surface area contributed by atoms with Crippen molar-refractivity contribution in [2.75, 3.05) is 12.4 Å².